The minimum absolute atomic E-state index is 0.0488. The molecular weight excluding hydrogens is 379 g/mol. The van der Waals surface area contributed by atoms with Crippen molar-refractivity contribution in [2.75, 3.05) is 0 Å². The fraction of sp³-hybridized carbons (Fsp3) is 0.250. The van der Waals surface area contributed by atoms with Crippen LogP contribution in [0, 0.1) is 19.7 Å². The van der Waals surface area contributed by atoms with E-state index in [0.29, 0.717) is 28.7 Å². The summed E-state index contributed by atoms with van der Waals surface area (Å²) < 4.78 is 39.6. The van der Waals surface area contributed by atoms with Gasteiger partial charge < -0.3 is 0 Å². The molecule has 28 heavy (non-hydrogen) atoms. The zero-order chi connectivity index (χ0) is 20.5. The molecule has 8 heteroatoms. The highest BCUT2D eigenvalue weighted by Gasteiger charge is 2.23. The number of hydrogen-bond acceptors (Lipinski definition) is 5. The van der Waals surface area contributed by atoms with Gasteiger partial charge in [0.2, 0.25) is 0 Å². The van der Waals surface area contributed by atoms with E-state index in [-0.39, 0.29) is 4.90 Å². The highest BCUT2D eigenvalue weighted by atomic mass is 32.2. The Hall–Kier alpha value is -2.87. The second-order valence-corrected chi connectivity index (χ2v) is 8.53. The van der Waals surface area contributed by atoms with Gasteiger partial charge in [0.15, 0.2) is 0 Å². The van der Waals surface area contributed by atoms with Crippen LogP contribution in [0.25, 0.3) is 0 Å². The Morgan fingerprint density at radius 3 is 2.14 bits per heavy atom. The Bertz CT molecular complexity index is 1120. The van der Waals surface area contributed by atoms with Gasteiger partial charge in [0, 0.05) is 0 Å². The highest BCUT2D eigenvalue weighted by molar-refractivity contribution is 7.89. The predicted octanol–water partition coefficient (Wildman–Crippen LogP) is 5.41. The summed E-state index contributed by atoms with van der Waals surface area (Å²) in [5.41, 5.74) is 3.02. The smallest absolute Gasteiger partial charge is 0.207 e. The minimum atomic E-state index is -3.95. The third-order valence-electron chi connectivity index (χ3n) is 4.38. The molecule has 0 saturated heterocycles. The number of aryl methyl sites for hydroxylation is 1. The van der Waals surface area contributed by atoms with E-state index in [2.05, 4.69) is 29.2 Å². The van der Waals surface area contributed by atoms with Crippen molar-refractivity contribution in [2.24, 2.45) is 10.2 Å². The van der Waals surface area contributed by atoms with E-state index in [1.807, 2.05) is 24.3 Å². The Kier molecular flexibility index (Phi) is 5.42. The lowest BCUT2D eigenvalue weighted by atomic mass is 10.0. The summed E-state index contributed by atoms with van der Waals surface area (Å²) in [5, 5.41) is 12.5. The van der Waals surface area contributed by atoms with Crippen molar-refractivity contribution >= 4 is 21.4 Å². The van der Waals surface area contributed by atoms with Crippen LogP contribution in [0.5, 0.6) is 0 Å². The summed E-state index contributed by atoms with van der Waals surface area (Å²) in [6, 6.07) is 12.3. The zero-order valence-corrected chi connectivity index (χ0v) is 16.9. The van der Waals surface area contributed by atoms with Gasteiger partial charge in [0.05, 0.1) is 22.0 Å². The molecule has 0 aliphatic heterocycles. The van der Waals surface area contributed by atoms with Gasteiger partial charge in [-0.25, -0.2) is 4.39 Å². The fourth-order valence-corrected chi connectivity index (χ4v) is 4.09. The average Bonchev–Trinajstić information content (AvgIpc) is 2.95. The molecule has 3 aromatic rings. The molecule has 3 rings (SSSR count). The monoisotopic (exact) mass is 400 g/mol. The van der Waals surface area contributed by atoms with Gasteiger partial charge in [-0.3, -0.25) is 0 Å². The Morgan fingerprint density at radius 1 is 0.964 bits per heavy atom. The lowest BCUT2D eigenvalue weighted by Gasteiger charge is -2.06. The van der Waals surface area contributed by atoms with E-state index in [1.165, 1.54) is 17.7 Å². The van der Waals surface area contributed by atoms with E-state index in [0.717, 1.165) is 16.2 Å². The average molecular weight is 400 g/mol. The molecule has 0 spiro atoms. The summed E-state index contributed by atoms with van der Waals surface area (Å²) in [6.45, 7) is 7.50. The van der Waals surface area contributed by atoms with Gasteiger partial charge in [-0.1, -0.05) is 26.0 Å². The number of benzene rings is 2. The van der Waals surface area contributed by atoms with Crippen molar-refractivity contribution in [1.29, 1.82) is 0 Å². The lowest BCUT2D eigenvalue weighted by molar-refractivity contribution is 0.577. The molecule has 0 aliphatic carbocycles. The van der Waals surface area contributed by atoms with Gasteiger partial charge in [0.1, 0.15) is 11.5 Å². The fourth-order valence-electron chi connectivity index (χ4n) is 2.73. The van der Waals surface area contributed by atoms with E-state index >= 15 is 0 Å². The van der Waals surface area contributed by atoms with E-state index in [9.17, 15) is 12.8 Å². The minimum Gasteiger partial charge on any atom is -0.207 e. The molecule has 1 heterocycles. The number of halogens is 1. The standard InChI is InChI=1S/C20H21FN4O2S/c1-13(2)16-5-9-18(10-6-16)22-23-20-14(3)24-25(15(20)4)28(26,27)19-11-7-17(21)8-12-19/h5-13H,1-4H3. The van der Waals surface area contributed by atoms with Crippen molar-refractivity contribution in [3.63, 3.8) is 0 Å². The van der Waals surface area contributed by atoms with Crippen LogP contribution in [0.4, 0.5) is 15.8 Å². The van der Waals surface area contributed by atoms with Gasteiger partial charge in [-0.2, -0.15) is 22.7 Å². The molecule has 2 aromatic carbocycles. The molecule has 0 amide bonds. The van der Waals surface area contributed by atoms with Crippen LogP contribution in [0.2, 0.25) is 0 Å². The van der Waals surface area contributed by atoms with Crippen LogP contribution in [-0.4, -0.2) is 17.6 Å². The molecule has 146 valence electrons. The van der Waals surface area contributed by atoms with Gasteiger partial charge in [-0.05, 0) is 61.7 Å². The van der Waals surface area contributed by atoms with Crippen LogP contribution >= 0.6 is 0 Å². The molecular formula is C20H21FN4O2S. The molecule has 0 bridgehead atoms. The molecule has 0 N–H and O–H groups in total. The summed E-state index contributed by atoms with van der Waals surface area (Å²) in [4.78, 5) is -0.0488. The number of nitrogens with zero attached hydrogens (tertiary/aromatic N) is 4. The van der Waals surface area contributed by atoms with Crippen molar-refractivity contribution in [2.45, 2.75) is 38.5 Å². The second-order valence-electron chi connectivity index (χ2n) is 6.77. The SMILES string of the molecule is Cc1nn(S(=O)(=O)c2ccc(F)cc2)c(C)c1N=Nc1ccc(C(C)C)cc1. The zero-order valence-electron chi connectivity index (χ0n) is 16.1. The highest BCUT2D eigenvalue weighted by Crippen LogP contribution is 2.28. The molecule has 1 aromatic heterocycles. The molecule has 0 aliphatic rings. The first-order chi connectivity index (χ1) is 13.2. The Labute approximate surface area is 163 Å². The first kappa shape index (κ1) is 19.9. The quantitative estimate of drug-likeness (QED) is 0.537. The van der Waals surface area contributed by atoms with Crippen LogP contribution in [0.15, 0.2) is 63.7 Å². The predicted molar refractivity (Wildman–Crippen MR) is 105 cm³/mol. The van der Waals surface area contributed by atoms with Gasteiger partial charge in [0.25, 0.3) is 10.0 Å². The lowest BCUT2D eigenvalue weighted by Crippen LogP contribution is -2.16. The first-order valence-corrected chi connectivity index (χ1v) is 10.2. The van der Waals surface area contributed by atoms with Crippen LogP contribution in [0.3, 0.4) is 0 Å². The van der Waals surface area contributed by atoms with Crippen molar-refractivity contribution in [1.82, 2.24) is 9.19 Å². The summed E-state index contributed by atoms with van der Waals surface area (Å²) in [6.07, 6.45) is 0. The molecule has 0 saturated carbocycles. The van der Waals surface area contributed by atoms with Crippen molar-refractivity contribution in [3.05, 3.63) is 71.3 Å². The van der Waals surface area contributed by atoms with Gasteiger partial charge >= 0.3 is 0 Å². The number of azo groups is 1. The second kappa shape index (κ2) is 7.63. The molecule has 0 fully saturated rings. The van der Waals surface area contributed by atoms with E-state index in [1.54, 1.807) is 13.8 Å². The topological polar surface area (TPSA) is 76.7 Å². The maximum Gasteiger partial charge on any atom is 0.283 e. The third kappa shape index (κ3) is 3.87. The molecule has 0 unspecified atom stereocenters. The Balaban J connectivity index is 1.94. The molecule has 6 nitrogen and oxygen atoms in total. The third-order valence-corrected chi connectivity index (χ3v) is 6.06. The van der Waals surface area contributed by atoms with Crippen molar-refractivity contribution < 1.29 is 12.8 Å². The maximum atomic E-state index is 13.1. The van der Waals surface area contributed by atoms with E-state index in [4.69, 9.17) is 0 Å². The van der Waals surface area contributed by atoms with Gasteiger partial charge in [-0.15, -0.1) is 5.11 Å². The van der Waals surface area contributed by atoms with E-state index < -0.39 is 15.8 Å². The molecule has 0 atom stereocenters. The number of hydrogen-bond donors (Lipinski definition) is 0. The normalized spacial score (nSPS) is 12.2. The van der Waals surface area contributed by atoms with Crippen LogP contribution < -0.4 is 0 Å². The first-order valence-electron chi connectivity index (χ1n) is 8.79. The summed E-state index contributed by atoms with van der Waals surface area (Å²) >= 11 is 0. The maximum absolute atomic E-state index is 13.1. The summed E-state index contributed by atoms with van der Waals surface area (Å²) in [7, 11) is -3.95. The largest absolute Gasteiger partial charge is 0.283 e. The number of aromatic nitrogens is 2. The van der Waals surface area contributed by atoms with Crippen molar-refractivity contribution in [3.8, 4) is 0 Å². The molecule has 0 radical (unpaired) electrons. The number of rotatable bonds is 5. The Morgan fingerprint density at radius 2 is 1.57 bits per heavy atom. The van der Waals surface area contributed by atoms with Crippen LogP contribution in [0.1, 0.15) is 36.7 Å². The van der Waals surface area contributed by atoms with Crippen LogP contribution in [-0.2, 0) is 10.0 Å². The summed E-state index contributed by atoms with van der Waals surface area (Å²) in [5.74, 6) is -0.0873.